The molecule has 9 nitrogen and oxygen atoms in total. The lowest BCUT2D eigenvalue weighted by atomic mass is 10.1. The smallest absolute Gasteiger partial charge is 0.410 e. The normalized spacial score (nSPS) is 16.0. The quantitative estimate of drug-likeness (QED) is 0.332. The summed E-state index contributed by atoms with van der Waals surface area (Å²) < 4.78 is 43.6. The van der Waals surface area contributed by atoms with E-state index in [1.54, 1.807) is 45.0 Å². The van der Waals surface area contributed by atoms with Gasteiger partial charge in [-0.3, -0.25) is 4.79 Å². The summed E-state index contributed by atoms with van der Waals surface area (Å²) >= 11 is 0. The Labute approximate surface area is 246 Å². The van der Waals surface area contributed by atoms with Gasteiger partial charge in [-0.25, -0.2) is 13.6 Å². The Morgan fingerprint density at radius 1 is 1.02 bits per heavy atom. The topological polar surface area (TPSA) is 115 Å². The van der Waals surface area contributed by atoms with Crippen molar-refractivity contribution in [1.82, 2.24) is 9.80 Å². The molecule has 1 aliphatic rings. The van der Waals surface area contributed by atoms with E-state index in [0.29, 0.717) is 30.2 Å². The van der Waals surface area contributed by atoms with E-state index in [2.05, 4.69) is 4.90 Å². The van der Waals surface area contributed by atoms with E-state index in [4.69, 9.17) is 19.9 Å². The maximum absolute atomic E-state index is 13.3. The summed E-state index contributed by atoms with van der Waals surface area (Å²) in [5.41, 5.74) is 6.02. The van der Waals surface area contributed by atoms with Gasteiger partial charge in [0.1, 0.15) is 36.4 Å². The maximum Gasteiger partial charge on any atom is 0.410 e. The van der Waals surface area contributed by atoms with Gasteiger partial charge in [-0.15, -0.1) is 0 Å². The molecule has 11 heteroatoms. The van der Waals surface area contributed by atoms with Gasteiger partial charge in [0, 0.05) is 31.5 Å². The molecule has 0 unspecified atom stereocenters. The fourth-order valence-electron chi connectivity index (χ4n) is 4.44. The Hall–Kier alpha value is -3.44. The number of carbonyl (C=O) groups is 2. The Kier molecular flexibility index (Phi) is 11.9. The number of aliphatic hydroxyl groups excluding tert-OH is 1. The van der Waals surface area contributed by atoms with Crippen LogP contribution in [0, 0.1) is 0 Å². The highest BCUT2D eigenvalue weighted by Gasteiger charge is 2.33. The summed E-state index contributed by atoms with van der Waals surface area (Å²) in [6.07, 6.45) is 0.0106. The summed E-state index contributed by atoms with van der Waals surface area (Å²) in [4.78, 5) is 27.5. The number of benzene rings is 2. The van der Waals surface area contributed by atoms with Gasteiger partial charge in [-0.1, -0.05) is 12.1 Å². The van der Waals surface area contributed by atoms with Crippen LogP contribution in [-0.4, -0.2) is 90.5 Å². The minimum atomic E-state index is -2.52. The van der Waals surface area contributed by atoms with Crippen LogP contribution in [0.5, 0.6) is 11.5 Å². The van der Waals surface area contributed by atoms with Crippen molar-refractivity contribution in [2.45, 2.75) is 64.1 Å². The third kappa shape index (κ3) is 11.8. The van der Waals surface area contributed by atoms with Gasteiger partial charge in [0.2, 0.25) is 5.91 Å². The third-order valence-electron chi connectivity index (χ3n) is 6.74. The van der Waals surface area contributed by atoms with Crippen molar-refractivity contribution in [2.75, 3.05) is 45.9 Å². The van der Waals surface area contributed by atoms with E-state index in [1.807, 2.05) is 24.3 Å². The van der Waals surface area contributed by atoms with Crippen molar-refractivity contribution in [3.05, 3.63) is 59.7 Å². The second kappa shape index (κ2) is 15.2. The Balaban J connectivity index is 1.43. The van der Waals surface area contributed by atoms with Gasteiger partial charge < -0.3 is 34.9 Å². The fraction of sp³-hybridized carbons (Fsp3) is 0.548. The number of halogens is 2. The molecular formula is C31H43F2N3O6. The van der Waals surface area contributed by atoms with E-state index < -0.39 is 29.6 Å². The minimum absolute atomic E-state index is 0.0284. The predicted octanol–water partition coefficient (Wildman–Crippen LogP) is 4.51. The van der Waals surface area contributed by atoms with E-state index in [0.717, 1.165) is 24.9 Å². The van der Waals surface area contributed by atoms with Crippen LogP contribution in [0.3, 0.4) is 0 Å². The van der Waals surface area contributed by atoms with Crippen LogP contribution in [0.1, 0.15) is 56.0 Å². The van der Waals surface area contributed by atoms with Crippen LogP contribution in [0.4, 0.5) is 13.6 Å². The number of nitrogens with zero attached hydrogens (tertiary/aromatic N) is 2. The van der Waals surface area contributed by atoms with E-state index >= 15 is 0 Å². The van der Waals surface area contributed by atoms with Crippen LogP contribution in [0.2, 0.25) is 0 Å². The van der Waals surface area contributed by atoms with Crippen molar-refractivity contribution in [2.24, 2.45) is 5.73 Å². The molecule has 0 bridgehead atoms. The average molecular weight is 592 g/mol. The van der Waals surface area contributed by atoms with Crippen LogP contribution < -0.4 is 15.2 Å². The van der Waals surface area contributed by atoms with Crippen LogP contribution in [0.25, 0.3) is 0 Å². The molecule has 1 saturated heterocycles. The molecule has 3 rings (SSSR count). The summed E-state index contributed by atoms with van der Waals surface area (Å²) in [5, 5.41) is 10.6. The molecule has 0 aromatic heterocycles. The maximum atomic E-state index is 13.3. The first-order chi connectivity index (χ1) is 19.8. The predicted molar refractivity (Wildman–Crippen MR) is 155 cm³/mol. The van der Waals surface area contributed by atoms with Gasteiger partial charge in [0.15, 0.2) is 0 Å². The number of aryl methyl sites for hydroxylation is 1. The van der Waals surface area contributed by atoms with Crippen molar-refractivity contribution >= 4 is 12.0 Å². The number of alkyl halides is 2. The van der Waals surface area contributed by atoms with Crippen molar-refractivity contribution in [3.8, 4) is 11.5 Å². The zero-order valence-corrected chi connectivity index (χ0v) is 24.7. The molecule has 2 aromatic rings. The second-order valence-corrected chi connectivity index (χ2v) is 11.6. The molecular weight excluding hydrogens is 548 g/mol. The summed E-state index contributed by atoms with van der Waals surface area (Å²) in [6, 6.07) is 13.9. The standard InChI is InChI=1S/C31H43F2N3O6/c1-30(2,3)42-29(39)36(19-20-40-26-12-8-24(9-13-26)28(34)38)21-25(37)22-41-27-10-6-23(7-11-27)5-4-16-35-17-14-31(32,33)15-18-35/h6-13,25,37H,4-5,14-22H2,1-3H3,(H2,34,38)/t25-/m0/s1. The molecule has 232 valence electrons. The van der Waals surface area contributed by atoms with Gasteiger partial charge >= 0.3 is 6.09 Å². The molecule has 1 heterocycles. The van der Waals surface area contributed by atoms with Crippen LogP contribution in [-0.2, 0) is 11.2 Å². The molecule has 1 aliphatic heterocycles. The van der Waals surface area contributed by atoms with Crippen molar-refractivity contribution < 1.29 is 37.7 Å². The lowest BCUT2D eigenvalue weighted by Gasteiger charge is -2.31. The first-order valence-electron chi connectivity index (χ1n) is 14.3. The van der Waals surface area contributed by atoms with Crippen LogP contribution >= 0.6 is 0 Å². The minimum Gasteiger partial charge on any atom is -0.492 e. The molecule has 2 aromatic carbocycles. The van der Waals surface area contributed by atoms with Gasteiger partial charge in [-0.05, 0) is 82.1 Å². The molecule has 0 aliphatic carbocycles. The lowest BCUT2D eigenvalue weighted by Crippen LogP contribution is -2.44. The van der Waals surface area contributed by atoms with Crippen LogP contribution in [0.15, 0.2) is 48.5 Å². The molecule has 0 radical (unpaired) electrons. The second-order valence-electron chi connectivity index (χ2n) is 11.6. The molecule has 1 atom stereocenters. The SMILES string of the molecule is CC(C)(C)OC(=O)N(CCOc1ccc(C(N)=O)cc1)C[C@H](O)COc1ccc(CCCN2CCC(F)(F)CC2)cc1. The number of carbonyl (C=O) groups excluding carboxylic acids is 2. The van der Waals surface area contributed by atoms with Crippen molar-refractivity contribution in [1.29, 1.82) is 0 Å². The third-order valence-corrected chi connectivity index (χ3v) is 6.74. The molecule has 0 spiro atoms. The highest BCUT2D eigenvalue weighted by molar-refractivity contribution is 5.92. The molecule has 1 fully saturated rings. The molecule has 42 heavy (non-hydrogen) atoms. The molecule has 2 amide bonds. The monoisotopic (exact) mass is 591 g/mol. The summed E-state index contributed by atoms with van der Waals surface area (Å²) in [6.45, 7) is 7.17. The van der Waals surface area contributed by atoms with E-state index in [9.17, 15) is 23.5 Å². The number of primary amides is 1. The Morgan fingerprint density at radius 2 is 1.62 bits per heavy atom. The van der Waals surface area contributed by atoms with E-state index in [-0.39, 0.29) is 39.1 Å². The summed E-state index contributed by atoms with van der Waals surface area (Å²) in [7, 11) is 0. The first kappa shape index (κ1) is 33.1. The first-order valence-corrected chi connectivity index (χ1v) is 14.3. The highest BCUT2D eigenvalue weighted by Crippen LogP contribution is 2.27. The van der Waals surface area contributed by atoms with Gasteiger partial charge in [0.05, 0.1) is 13.1 Å². The highest BCUT2D eigenvalue weighted by atomic mass is 19.3. The number of likely N-dealkylation sites (tertiary alicyclic amines) is 1. The number of hydrogen-bond donors (Lipinski definition) is 2. The number of piperidine rings is 1. The number of ether oxygens (including phenoxy) is 3. The fourth-order valence-corrected chi connectivity index (χ4v) is 4.44. The summed E-state index contributed by atoms with van der Waals surface area (Å²) in [5.74, 6) is -1.97. The number of amides is 2. The zero-order valence-electron chi connectivity index (χ0n) is 24.7. The largest absolute Gasteiger partial charge is 0.492 e. The molecule has 0 saturated carbocycles. The average Bonchev–Trinajstić information content (AvgIpc) is 2.92. The zero-order chi connectivity index (χ0) is 30.8. The number of aliphatic hydroxyl groups is 1. The van der Waals surface area contributed by atoms with E-state index in [1.165, 1.54) is 4.90 Å². The molecule has 3 N–H and O–H groups in total. The van der Waals surface area contributed by atoms with Crippen molar-refractivity contribution in [3.63, 3.8) is 0 Å². The number of hydrogen-bond acceptors (Lipinski definition) is 7. The van der Waals surface area contributed by atoms with Gasteiger partial charge in [0.25, 0.3) is 5.92 Å². The number of nitrogens with two attached hydrogens (primary N) is 1. The Bertz CT molecular complexity index is 1130. The Morgan fingerprint density at radius 3 is 2.21 bits per heavy atom. The van der Waals surface area contributed by atoms with Gasteiger partial charge in [-0.2, -0.15) is 0 Å². The number of rotatable bonds is 14. The lowest BCUT2D eigenvalue weighted by molar-refractivity contribution is -0.0551.